The number of halogens is 5. The first-order chi connectivity index (χ1) is 15.0. The molecule has 32 heavy (non-hydrogen) atoms. The number of nitrogens with zero attached hydrogens (tertiary/aromatic N) is 1. The highest BCUT2D eigenvalue weighted by Gasteiger charge is 2.48. The van der Waals surface area contributed by atoms with Gasteiger partial charge in [-0.15, -0.1) is 0 Å². The van der Waals surface area contributed by atoms with E-state index in [9.17, 15) is 35.2 Å². The fourth-order valence-electron chi connectivity index (χ4n) is 3.70. The molecule has 0 fully saturated rings. The van der Waals surface area contributed by atoms with Gasteiger partial charge >= 0.3 is 15.5 Å². The van der Waals surface area contributed by atoms with Crippen LogP contribution in [-0.4, -0.2) is 31.3 Å². The summed E-state index contributed by atoms with van der Waals surface area (Å²) in [5, 5.41) is 1.32. The van der Waals surface area contributed by atoms with Crippen molar-refractivity contribution in [1.82, 2.24) is 9.62 Å². The molecule has 0 spiro atoms. The second-order valence-corrected chi connectivity index (χ2v) is 8.91. The van der Waals surface area contributed by atoms with Gasteiger partial charge in [-0.1, -0.05) is 36.4 Å². The van der Waals surface area contributed by atoms with Crippen LogP contribution in [0.2, 0.25) is 0 Å². The Bertz CT molecular complexity index is 1320. The summed E-state index contributed by atoms with van der Waals surface area (Å²) in [6, 6.07) is 12.8. The number of benzene rings is 3. The lowest BCUT2D eigenvalue weighted by Crippen LogP contribution is -2.50. The van der Waals surface area contributed by atoms with Crippen LogP contribution in [0.5, 0.6) is 0 Å². The Morgan fingerprint density at radius 2 is 1.59 bits per heavy atom. The number of carbonyl (C=O) groups excluding carboxylic acids is 1. The second kappa shape index (κ2) is 7.82. The van der Waals surface area contributed by atoms with Crippen LogP contribution in [0.25, 0.3) is 10.8 Å². The Kier molecular flexibility index (Phi) is 5.41. The first kappa shape index (κ1) is 22.2. The zero-order valence-corrected chi connectivity index (χ0v) is 17.0. The molecule has 11 heteroatoms. The van der Waals surface area contributed by atoms with Gasteiger partial charge in [0, 0.05) is 12.1 Å². The summed E-state index contributed by atoms with van der Waals surface area (Å²) in [5.41, 5.74) is -6.45. The minimum absolute atomic E-state index is 0.0325. The first-order valence-electron chi connectivity index (χ1n) is 9.35. The molecule has 1 atom stereocenters. The average Bonchev–Trinajstić information content (AvgIpc) is 2.74. The smallest absolute Gasteiger partial charge is 0.317 e. The maximum absolute atomic E-state index is 14.3. The summed E-state index contributed by atoms with van der Waals surface area (Å²) < 4.78 is 93.1. The number of hydrogen-bond acceptors (Lipinski definition) is 3. The molecule has 1 unspecified atom stereocenters. The standard InChI is InChI=1S/C21H15F5N2O3S/c22-16-7-8-17(23)18-15(16)9-10-28(20(18)29)19(27-32(30,31)21(24,25)26)14-6-5-12-3-1-2-4-13(12)11-14/h1-8,11,19,27H,9-10H2. The van der Waals surface area contributed by atoms with E-state index in [1.165, 1.54) is 16.9 Å². The quantitative estimate of drug-likeness (QED) is 0.580. The van der Waals surface area contributed by atoms with Crippen LogP contribution in [0, 0.1) is 11.6 Å². The zero-order valence-electron chi connectivity index (χ0n) is 16.2. The summed E-state index contributed by atoms with van der Waals surface area (Å²) in [4.78, 5) is 13.8. The second-order valence-electron chi connectivity index (χ2n) is 7.21. The van der Waals surface area contributed by atoms with E-state index in [0.717, 1.165) is 22.4 Å². The highest BCUT2D eigenvalue weighted by molar-refractivity contribution is 7.90. The lowest BCUT2D eigenvalue weighted by atomic mass is 9.96. The molecule has 0 aliphatic carbocycles. The summed E-state index contributed by atoms with van der Waals surface area (Å²) in [6.45, 7) is -0.329. The normalized spacial score (nSPS) is 15.7. The molecule has 3 aromatic carbocycles. The maximum Gasteiger partial charge on any atom is 0.511 e. The van der Waals surface area contributed by atoms with Crippen molar-refractivity contribution in [1.29, 1.82) is 0 Å². The number of nitrogens with one attached hydrogen (secondary N) is 1. The monoisotopic (exact) mass is 470 g/mol. The van der Waals surface area contributed by atoms with Crippen molar-refractivity contribution in [2.45, 2.75) is 18.1 Å². The van der Waals surface area contributed by atoms with E-state index in [0.29, 0.717) is 5.39 Å². The van der Waals surface area contributed by atoms with E-state index in [4.69, 9.17) is 0 Å². The number of alkyl halides is 3. The molecule has 0 radical (unpaired) electrons. The maximum atomic E-state index is 14.3. The number of sulfonamides is 1. The Hall–Kier alpha value is -3.05. The number of carbonyl (C=O) groups is 1. The van der Waals surface area contributed by atoms with Crippen LogP contribution in [-0.2, 0) is 16.4 Å². The third kappa shape index (κ3) is 3.82. The Balaban J connectivity index is 1.84. The minimum Gasteiger partial charge on any atom is -0.317 e. The van der Waals surface area contributed by atoms with Crippen molar-refractivity contribution in [3.8, 4) is 0 Å². The van der Waals surface area contributed by atoms with Gasteiger partial charge in [0.1, 0.15) is 17.8 Å². The molecule has 1 amide bonds. The van der Waals surface area contributed by atoms with Crippen molar-refractivity contribution in [2.75, 3.05) is 6.54 Å². The molecule has 3 aromatic rings. The SMILES string of the molecule is O=C1c2c(F)ccc(F)c2CCN1C(NS(=O)(=O)C(F)(F)F)c1ccc2ccccc2c1. The molecule has 0 saturated carbocycles. The lowest BCUT2D eigenvalue weighted by molar-refractivity contribution is -0.0458. The average molecular weight is 470 g/mol. The Morgan fingerprint density at radius 3 is 2.28 bits per heavy atom. The molecule has 1 N–H and O–H groups in total. The molecule has 0 saturated heterocycles. The summed E-state index contributed by atoms with van der Waals surface area (Å²) in [7, 11) is -5.88. The van der Waals surface area contributed by atoms with E-state index < -0.39 is 44.8 Å². The van der Waals surface area contributed by atoms with Crippen molar-refractivity contribution in [3.63, 3.8) is 0 Å². The van der Waals surface area contributed by atoms with Crippen LogP contribution < -0.4 is 4.72 Å². The van der Waals surface area contributed by atoms with E-state index >= 15 is 0 Å². The van der Waals surface area contributed by atoms with Crippen molar-refractivity contribution >= 4 is 26.7 Å². The van der Waals surface area contributed by atoms with Crippen LogP contribution in [0.1, 0.15) is 27.7 Å². The molecule has 0 bridgehead atoms. The van der Waals surface area contributed by atoms with Crippen LogP contribution in [0.15, 0.2) is 54.6 Å². The predicted octanol–water partition coefficient (Wildman–Crippen LogP) is 4.25. The molecular weight excluding hydrogens is 455 g/mol. The molecule has 1 heterocycles. The fourth-order valence-corrected chi connectivity index (χ4v) is 4.39. The largest absolute Gasteiger partial charge is 0.511 e. The first-order valence-corrected chi connectivity index (χ1v) is 10.8. The highest BCUT2D eigenvalue weighted by Crippen LogP contribution is 2.33. The molecule has 0 aromatic heterocycles. The Morgan fingerprint density at radius 1 is 0.938 bits per heavy atom. The van der Waals surface area contributed by atoms with Crippen molar-refractivity contribution in [2.24, 2.45) is 0 Å². The van der Waals surface area contributed by atoms with Gasteiger partial charge in [0.05, 0.1) is 5.56 Å². The minimum atomic E-state index is -5.88. The number of hydrogen-bond donors (Lipinski definition) is 1. The van der Waals surface area contributed by atoms with Crippen LogP contribution >= 0.6 is 0 Å². The topological polar surface area (TPSA) is 66.5 Å². The zero-order chi connectivity index (χ0) is 23.3. The van der Waals surface area contributed by atoms with Gasteiger partial charge in [0.15, 0.2) is 0 Å². The third-order valence-corrected chi connectivity index (χ3v) is 6.40. The van der Waals surface area contributed by atoms with E-state index in [-0.39, 0.29) is 24.1 Å². The molecule has 1 aliphatic heterocycles. The van der Waals surface area contributed by atoms with E-state index in [1.807, 2.05) is 0 Å². The summed E-state index contributed by atoms with van der Waals surface area (Å²) in [5.74, 6) is -2.99. The third-order valence-electron chi connectivity index (χ3n) is 5.25. The van der Waals surface area contributed by atoms with Gasteiger partial charge in [-0.25, -0.2) is 17.2 Å². The van der Waals surface area contributed by atoms with Crippen LogP contribution in [0.4, 0.5) is 22.0 Å². The van der Waals surface area contributed by atoms with E-state index in [2.05, 4.69) is 0 Å². The van der Waals surface area contributed by atoms with Gasteiger partial charge in [0.2, 0.25) is 0 Å². The van der Waals surface area contributed by atoms with Gasteiger partial charge in [-0.3, -0.25) is 4.79 Å². The number of fused-ring (bicyclic) bond motifs is 2. The lowest BCUT2D eigenvalue weighted by Gasteiger charge is -2.36. The summed E-state index contributed by atoms with van der Waals surface area (Å²) >= 11 is 0. The Labute approximate surface area is 179 Å². The van der Waals surface area contributed by atoms with Gasteiger partial charge in [-0.05, 0) is 41.0 Å². The van der Waals surface area contributed by atoms with Crippen LogP contribution in [0.3, 0.4) is 0 Å². The number of amides is 1. The highest BCUT2D eigenvalue weighted by atomic mass is 32.2. The molecule has 4 rings (SSSR count). The molecule has 168 valence electrons. The van der Waals surface area contributed by atoms with Gasteiger partial charge in [0.25, 0.3) is 5.91 Å². The molecular formula is C21H15F5N2O3S. The fraction of sp³-hybridized carbons (Fsp3) is 0.190. The van der Waals surface area contributed by atoms with Crippen molar-refractivity contribution < 1.29 is 35.2 Å². The number of rotatable bonds is 4. The predicted molar refractivity (Wildman–Crippen MR) is 106 cm³/mol. The van der Waals surface area contributed by atoms with Gasteiger partial charge < -0.3 is 4.90 Å². The van der Waals surface area contributed by atoms with E-state index in [1.54, 1.807) is 30.3 Å². The van der Waals surface area contributed by atoms with Gasteiger partial charge in [-0.2, -0.15) is 17.9 Å². The van der Waals surface area contributed by atoms with Crippen molar-refractivity contribution in [3.05, 3.63) is 82.9 Å². The molecule has 5 nitrogen and oxygen atoms in total. The molecule has 1 aliphatic rings. The summed E-state index contributed by atoms with van der Waals surface area (Å²) in [6.07, 6.45) is -2.00.